The van der Waals surface area contributed by atoms with E-state index in [1.165, 1.54) is 19.2 Å². The van der Waals surface area contributed by atoms with Gasteiger partial charge in [0.05, 0.1) is 7.11 Å². The lowest BCUT2D eigenvalue weighted by atomic mass is 9.87. The van der Waals surface area contributed by atoms with Gasteiger partial charge in [-0.3, -0.25) is 0 Å². The number of aliphatic imine (C=N–C) groups is 1. The minimum Gasteiger partial charge on any atom is -0.507 e. The molecule has 0 aromatic heterocycles. The molecule has 20 heavy (non-hydrogen) atoms. The third-order valence-electron chi connectivity index (χ3n) is 3.74. The number of hydrogen-bond acceptors (Lipinski definition) is 5. The van der Waals surface area contributed by atoms with Crippen LogP contribution in [-0.2, 0) is 10.3 Å². The molecule has 1 aliphatic carbocycles. The van der Waals surface area contributed by atoms with Crippen LogP contribution >= 0.6 is 0 Å². The van der Waals surface area contributed by atoms with Crippen molar-refractivity contribution in [2.45, 2.75) is 31.2 Å². The van der Waals surface area contributed by atoms with Gasteiger partial charge in [0.15, 0.2) is 0 Å². The molecule has 6 nitrogen and oxygen atoms in total. The molecule has 0 atom stereocenters. The molecular weight excluding hydrogens is 262 g/mol. The molecule has 0 amide bonds. The van der Waals surface area contributed by atoms with E-state index in [1.54, 1.807) is 6.08 Å². The molecule has 0 bridgehead atoms. The van der Waals surface area contributed by atoms with Crippen molar-refractivity contribution in [3.05, 3.63) is 23.3 Å². The molecule has 106 valence electrons. The molecule has 1 aromatic carbocycles. The second kappa shape index (κ2) is 5.35. The molecule has 0 saturated heterocycles. The number of benzene rings is 1. The fourth-order valence-electron chi connectivity index (χ4n) is 2.76. The van der Waals surface area contributed by atoms with Gasteiger partial charge in [0.25, 0.3) is 0 Å². The van der Waals surface area contributed by atoms with Crippen molar-refractivity contribution in [2.75, 3.05) is 7.11 Å². The molecule has 0 spiro atoms. The number of aromatic hydroxyl groups is 1. The highest BCUT2D eigenvalue weighted by Crippen LogP contribution is 2.47. The number of phenols is 1. The summed E-state index contributed by atoms with van der Waals surface area (Å²) in [6, 6.07) is 2.59. The van der Waals surface area contributed by atoms with Gasteiger partial charge in [-0.2, -0.15) is 4.99 Å². The summed E-state index contributed by atoms with van der Waals surface area (Å²) < 4.78 is 5.20. The van der Waals surface area contributed by atoms with Crippen LogP contribution in [-0.4, -0.2) is 29.4 Å². The van der Waals surface area contributed by atoms with Gasteiger partial charge in [-0.15, -0.1) is 0 Å². The Balaban J connectivity index is 2.67. The van der Waals surface area contributed by atoms with Crippen molar-refractivity contribution in [1.82, 2.24) is 0 Å². The Morgan fingerprint density at radius 2 is 2.05 bits per heavy atom. The first-order chi connectivity index (χ1) is 9.54. The summed E-state index contributed by atoms with van der Waals surface area (Å²) >= 11 is 0. The average Bonchev–Trinajstić information content (AvgIpc) is 2.87. The van der Waals surface area contributed by atoms with Crippen molar-refractivity contribution in [1.29, 1.82) is 0 Å². The number of carboxylic acids is 1. The second-order valence-electron chi connectivity index (χ2n) is 4.82. The van der Waals surface area contributed by atoms with Gasteiger partial charge in [0, 0.05) is 11.6 Å². The lowest BCUT2D eigenvalue weighted by Crippen LogP contribution is -2.20. The summed E-state index contributed by atoms with van der Waals surface area (Å²) in [5.74, 6) is -1.29. The van der Waals surface area contributed by atoms with E-state index >= 15 is 0 Å². The van der Waals surface area contributed by atoms with E-state index in [0.717, 1.165) is 12.8 Å². The number of nitrogens with zero attached hydrogens (tertiary/aromatic N) is 1. The van der Waals surface area contributed by atoms with Crippen LogP contribution in [0.4, 0.5) is 0 Å². The Morgan fingerprint density at radius 3 is 2.55 bits per heavy atom. The summed E-state index contributed by atoms with van der Waals surface area (Å²) in [4.78, 5) is 25.8. The number of rotatable bonds is 4. The van der Waals surface area contributed by atoms with E-state index in [1.807, 2.05) is 0 Å². The molecule has 2 rings (SSSR count). The third-order valence-corrected chi connectivity index (χ3v) is 3.74. The van der Waals surface area contributed by atoms with Gasteiger partial charge < -0.3 is 14.9 Å². The average molecular weight is 277 g/mol. The molecule has 0 aliphatic heterocycles. The van der Waals surface area contributed by atoms with Gasteiger partial charge in [-0.25, -0.2) is 9.59 Å². The third kappa shape index (κ3) is 2.26. The van der Waals surface area contributed by atoms with Gasteiger partial charge >= 0.3 is 5.97 Å². The first kappa shape index (κ1) is 14.1. The van der Waals surface area contributed by atoms with E-state index < -0.39 is 11.5 Å². The number of carbonyl (C=O) groups is 1. The molecule has 2 N–H and O–H groups in total. The Morgan fingerprint density at radius 1 is 1.40 bits per heavy atom. The van der Waals surface area contributed by atoms with Crippen molar-refractivity contribution < 1.29 is 24.5 Å². The van der Waals surface area contributed by atoms with E-state index in [9.17, 15) is 14.7 Å². The predicted molar refractivity (Wildman–Crippen MR) is 69.9 cm³/mol. The number of ether oxygens (including phenoxy) is 1. The number of isocyanates is 1. The molecule has 0 radical (unpaired) electrons. The minimum absolute atomic E-state index is 0.229. The molecule has 0 heterocycles. The normalized spacial score (nSPS) is 16.4. The van der Waals surface area contributed by atoms with Crippen LogP contribution in [0.3, 0.4) is 0 Å². The van der Waals surface area contributed by atoms with Crippen molar-refractivity contribution in [3.63, 3.8) is 0 Å². The van der Waals surface area contributed by atoms with Crippen LogP contribution in [0.2, 0.25) is 0 Å². The summed E-state index contributed by atoms with van der Waals surface area (Å²) in [5, 5.41) is 18.8. The zero-order valence-corrected chi connectivity index (χ0v) is 11.0. The lowest BCUT2D eigenvalue weighted by Gasteiger charge is -2.25. The summed E-state index contributed by atoms with van der Waals surface area (Å²) in [6.45, 7) is 0. The summed E-state index contributed by atoms with van der Waals surface area (Å²) in [5.41, 5.74) is -0.519. The van der Waals surface area contributed by atoms with Crippen molar-refractivity contribution in [3.8, 4) is 11.5 Å². The minimum atomic E-state index is -1.24. The number of methoxy groups -OCH3 is 1. The Bertz CT molecular complexity index is 583. The van der Waals surface area contributed by atoms with E-state index in [0.29, 0.717) is 24.2 Å². The van der Waals surface area contributed by atoms with Gasteiger partial charge in [0.1, 0.15) is 22.6 Å². The topological polar surface area (TPSA) is 96.2 Å². The van der Waals surface area contributed by atoms with Crippen molar-refractivity contribution in [2.24, 2.45) is 4.99 Å². The lowest BCUT2D eigenvalue weighted by molar-refractivity contribution is 0.0693. The quantitative estimate of drug-likeness (QED) is 0.649. The number of carboxylic acid groups (broad SMARTS) is 1. The van der Waals surface area contributed by atoms with Crippen LogP contribution in [0, 0.1) is 0 Å². The number of hydrogen-bond donors (Lipinski definition) is 2. The Labute approximate surface area is 115 Å². The zero-order chi connectivity index (χ0) is 14.8. The summed E-state index contributed by atoms with van der Waals surface area (Å²) in [6.07, 6.45) is 4.60. The number of carbonyl (C=O) groups excluding carboxylic acids is 1. The van der Waals surface area contributed by atoms with Crippen LogP contribution in [0.15, 0.2) is 17.1 Å². The molecular formula is C14H15NO5. The van der Waals surface area contributed by atoms with Gasteiger partial charge in [0.2, 0.25) is 6.08 Å². The molecule has 0 unspecified atom stereocenters. The molecule has 1 saturated carbocycles. The monoisotopic (exact) mass is 277 g/mol. The van der Waals surface area contributed by atoms with Crippen LogP contribution in [0.25, 0.3) is 0 Å². The maximum atomic E-state index is 11.1. The Hall–Kier alpha value is -2.33. The first-order valence-corrected chi connectivity index (χ1v) is 6.28. The van der Waals surface area contributed by atoms with Crippen LogP contribution < -0.4 is 4.74 Å². The number of aromatic carboxylic acids is 1. The Kier molecular flexibility index (Phi) is 3.77. The molecule has 6 heteroatoms. The maximum Gasteiger partial charge on any atom is 0.339 e. The second-order valence-corrected chi connectivity index (χ2v) is 4.82. The zero-order valence-electron chi connectivity index (χ0n) is 11.0. The highest BCUT2D eigenvalue weighted by Gasteiger charge is 2.39. The molecule has 1 fully saturated rings. The fourth-order valence-corrected chi connectivity index (χ4v) is 2.76. The first-order valence-electron chi connectivity index (χ1n) is 6.28. The predicted octanol–water partition coefficient (Wildman–Crippen LogP) is 2.20. The van der Waals surface area contributed by atoms with Crippen LogP contribution in [0.1, 0.15) is 41.6 Å². The highest BCUT2D eigenvalue weighted by molar-refractivity contribution is 5.91. The smallest absolute Gasteiger partial charge is 0.339 e. The standard InChI is InChI=1S/C14H15NO5/c1-20-12-7-11(17)9(13(18)19)6-10(12)14(15-8-16)4-2-3-5-14/h6-7,17H,2-5H2,1H3,(H,18,19). The van der Waals surface area contributed by atoms with E-state index in [-0.39, 0.29) is 11.3 Å². The van der Waals surface area contributed by atoms with Gasteiger partial charge in [-0.1, -0.05) is 12.8 Å². The maximum absolute atomic E-state index is 11.1. The van der Waals surface area contributed by atoms with E-state index in [2.05, 4.69) is 4.99 Å². The van der Waals surface area contributed by atoms with Crippen molar-refractivity contribution >= 4 is 12.0 Å². The molecule has 1 aliphatic rings. The largest absolute Gasteiger partial charge is 0.507 e. The van der Waals surface area contributed by atoms with E-state index in [4.69, 9.17) is 9.84 Å². The molecule has 1 aromatic rings. The SMILES string of the molecule is COc1cc(O)c(C(=O)O)cc1C1(N=C=O)CCCC1. The van der Waals surface area contributed by atoms with Gasteiger partial charge in [-0.05, 0) is 18.9 Å². The van der Waals surface area contributed by atoms with Crippen LogP contribution in [0.5, 0.6) is 11.5 Å². The fraction of sp³-hybridized carbons (Fsp3) is 0.429. The summed E-state index contributed by atoms with van der Waals surface area (Å²) in [7, 11) is 1.42. The highest BCUT2D eigenvalue weighted by atomic mass is 16.5.